The number of aryl methyl sites for hydroxylation is 1. The maximum absolute atomic E-state index is 11.9. The minimum Gasteiger partial charge on any atom is -0.398 e. The van der Waals surface area contributed by atoms with Gasteiger partial charge in [0.2, 0.25) is 0 Å². The fourth-order valence-corrected chi connectivity index (χ4v) is 2.46. The van der Waals surface area contributed by atoms with Gasteiger partial charge in [0.25, 0.3) is 5.91 Å². The Labute approximate surface area is 110 Å². The van der Waals surface area contributed by atoms with Crippen molar-refractivity contribution in [2.75, 3.05) is 5.73 Å². The summed E-state index contributed by atoms with van der Waals surface area (Å²) >= 11 is 1.71. The lowest BCUT2D eigenvalue weighted by Gasteiger charge is -2.05. The van der Waals surface area contributed by atoms with E-state index in [9.17, 15) is 4.79 Å². The lowest BCUT2D eigenvalue weighted by atomic mass is 10.2. The van der Waals surface area contributed by atoms with E-state index in [1.54, 1.807) is 23.6 Å². The van der Waals surface area contributed by atoms with E-state index in [4.69, 9.17) is 5.73 Å². The molecule has 0 spiro atoms. The van der Waals surface area contributed by atoms with Crippen molar-refractivity contribution < 1.29 is 4.79 Å². The fraction of sp³-hybridized carbons (Fsp3) is 0.231. The van der Waals surface area contributed by atoms with Crippen LogP contribution in [0.2, 0.25) is 0 Å². The Balaban J connectivity index is 1.98. The highest BCUT2D eigenvalue weighted by Gasteiger charge is 2.09. The molecule has 3 N–H and O–H groups in total. The molecular formula is C13H15N3OS. The van der Waals surface area contributed by atoms with Crippen LogP contribution >= 0.6 is 11.3 Å². The SMILES string of the molecule is CCc1ccc(CNC(=O)c2cnccc2N)s1. The summed E-state index contributed by atoms with van der Waals surface area (Å²) in [5, 5.41) is 2.84. The number of carbonyl (C=O) groups excluding carboxylic acids is 1. The van der Waals surface area contributed by atoms with Crippen LogP contribution in [0.15, 0.2) is 30.6 Å². The molecule has 0 unspecified atom stereocenters. The number of rotatable bonds is 4. The van der Waals surface area contributed by atoms with E-state index in [2.05, 4.69) is 23.3 Å². The van der Waals surface area contributed by atoms with Crippen molar-refractivity contribution >= 4 is 22.9 Å². The molecule has 0 aromatic carbocycles. The van der Waals surface area contributed by atoms with Gasteiger partial charge in [0.1, 0.15) is 0 Å². The number of hydrogen-bond acceptors (Lipinski definition) is 4. The second-order valence-corrected chi connectivity index (χ2v) is 5.12. The zero-order chi connectivity index (χ0) is 13.0. The molecule has 5 heteroatoms. The third kappa shape index (κ3) is 2.87. The summed E-state index contributed by atoms with van der Waals surface area (Å²) in [6.45, 7) is 2.64. The van der Waals surface area contributed by atoms with Crippen LogP contribution < -0.4 is 11.1 Å². The molecule has 0 bridgehead atoms. The Morgan fingerprint density at radius 3 is 2.83 bits per heavy atom. The molecule has 0 aliphatic carbocycles. The van der Waals surface area contributed by atoms with Crippen LogP contribution in [0.4, 0.5) is 5.69 Å². The fourth-order valence-electron chi connectivity index (χ4n) is 1.56. The first-order valence-electron chi connectivity index (χ1n) is 5.76. The summed E-state index contributed by atoms with van der Waals surface area (Å²) in [5.74, 6) is -0.188. The average Bonchev–Trinajstić information content (AvgIpc) is 2.84. The monoisotopic (exact) mass is 261 g/mol. The normalized spacial score (nSPS) is 10.3. The molecule has 0 fully saturated rings. The van der Waals surface area contributed by atoms with Gasteiger partial charge in [0.05, 0.1) is 12.1 Å². The lowest BCUT2D eigenvalue weighted by molar-refractivity contribution is 0.0952. The maximum atomic E-state index is 11.9. The Morgan fingerprint density at radius 2 is 2.17 bits per heavy atom. The minimum absolute atomic E-state index is 0.188. The van der Waals surface area contributed by atoms with Gasteiger partial charge in [-0.1, -0.05) is 6.92 Å². The van der Waals surface area contributed by atoms with Gasteiger partial charge in [-0.05, 0) is 24.6 Å². The van der Waals surface area contributed by atoms with Crippen molar-refractivity contribution in [3.8, 4) is 0 Å². The van der Waals surface area contributed by atoms with E-state index in [0.29, 0.717) is 17.8 Å². The molecule has 94 valence electrons. The standard InChI is InChI=1S/C13H15N3OS/c1-2-9-3-4-10(18-9)7-16-13(17)11-8-15-6-5-12(11)14/h3-6,8H,2,7H2,1H3,(H2,14,15)(H,16,17). The maximum Gasteiger partial charge on any atom is 0.255 e. The summed E-state index contributed by atoms with van der Waals surface area (Å²) in [4.78, 5) is 18.3. The van der Waals surface area contributed by atoms with Crippen LogP contribution in [-0.2, 0) is 13.0 Å². The average molecular weight is 261 g/mol. The highest BCUT2D eigenvalue weighted by molar-refractivity contribution is 7.11. The number of pyridine rings is 1. The van der Waals surface area contributed by atoms with Crippen molar-refractivity contribution in [2.24, 2.45) is 0 Å². The first-order chi connectivity index (χ1) is 8.70. The van der Waals surface area contributed by atoms with Gasteiger partial charge >= 0.3 is 0 Å². The van der Waals surface area contributed by atoms with Crippen LogP contribution in [0.3, 0.4) is 0 Å². The molecular weight excluding hydrogens is 246 g/mol. The van der Waals surface area contributed by atoms with E-state index in [1.165, 1.54) is 11.1 Å². The molecule has 2 rings (SSSR count). The lowest BCUT2D eigenvalue weighted by Crippen LogP contribution is -2.23. The number of nitrogen functional groups attached to an aromatic ring is 1. The number of nitrogens with one attached hydrogen (secondary N) is 1. The van der Waals surface area contributed by atoms with Crippen molar-refractivity contribution in [2.45, 2.75) is 19.9 Å². The number of hydrogen-bond donors (Lipinski definition) is 2. The topological polar surface area (TPSA) is 68.0 Å². The van der Waals surface area contributed by atoms with Gasteiger partial charge < -0.3 is 11.1 Å². The van der Waals surface area contributed by atoms with E-state index in [0.717, 1.165) is 11.3 Å². The number of nitrogens with zero attached hydrogens (tertiary/aromatic N) is 1. The number of aromatic nitrogens is 1. The molecule has 1 amide bonds. The van der Waals surface area contributed by atoms with Crippen molar-refractivity contribution in [1.29, 1.82) is 0 Å². The second kappa shape index (κ2) is 5.64. The molecule has 0 saturated heterocycles. The summed E-state index contributed by atoms with van der Waals surface area (Å²) in [5.41, 5.74) is 6.59. The molecule has 0 atom stereocenters. The number of thiophene rings is 1. The summed E-state index contributed by atoms with van der Waals surface area (Å²) in [7, 11) is 0. The summed E-state index contributed by atoms with van der Waals surface area (Å²) in [6.07, 6.45) is 4.07. The predicted octanol–water partition coefficient (Wildman–Crippen LogP) is 2.22. The van der Waals surface area contributed by atoms with Crippen LogP contribution in [0.1, 0.15) is 27.0 Å². The van der Waals surface area contributed by atoms with Crippen molar-refractivity contribution in [1.82, 2.24) is 10.3 Å². The van der Waals surface area contributed by atoms with E-state index in [-0.39, 0.29) is 5.91 Å². The van der Waals surface area contributed by atoms with Gasteiger partial charge in [-0.15, -0.1) is 11.3 Å². The quantitative estimate of drug-likeness (QED) is 0.886. The van der Waals surface area contributed by atoms with Crippen LogP contribution in [-0.4, -0.2) is 10.9 Å². The molecule has 2 aromatic rings. The van der Waals surface area contributed by atoms with Crippen LogP contribution in [0.5, 0.6) is 0 Å². The molecule has 0 aliphatic heterocycles. The largest absolute Gasteiger partial charge is 0.398 e. The Bertz CT molecular complexity index is 551. The zero-order valence-electron chi connectivity index (χ0n) is 10.1. The Morgan fingerprint density at radius 1 is 1.39 bits per heavy atom. The molecule has 0 aliphatic rings. The van der Waals surface area contributed by atoms with Gasteiger partial charge in [0.15, 0.2) is 0 Å². The number of anilines is 1. The van der Waals surface area contributed by atoms with Crippen molar-refractivity contribution in [3.63, 3.8) is 0 Å². The minimum atomic E-state index is -0.188. The number of amides is 1. The Hall–Kier alpha value is -1.88. The summed E-state index contributed by atoms with van der Waals surface area (Å²) in [6, 6.07) is 5.75. The van der Waals surface area contributed by atoms with E-state index in [1.807, 2.05) is 6.07 Å². The second-order valence-electron chi connectivity index (χ2n) is 3.87. The number of nitrogens with two attached hydrogens (primary N) is 1. The predicted molar refractivity (Wildman–Crippen MR) is 73.5 cm³/mol. The molecule has 0 radical (unpaired) electrons. The van der Waals surface area contributed by atoms with E-state index >= 15 is 0 Å². The van der Waals surface area contributed by atoms with Crippen LogP contribution in [0, 0.1) is 0 Å². The van der Waals surface area contributed by atoms with Gasteiger partial charge in [-0.2, -0.15) is 0 Å². The van der Waals surface area contributed by atoms with Gasteiger partial charge in [-0.3, -0.25) is 9.78 Å². The zero-order valence-corrected chi connectivity index (χ0v) is 11.0. The molecule has 0 saturated carbocycles. The highest BCUT2D eigenvalue weighted by atomic mass is 32.1. The highest BCUT2D eigenvalue weighted by Crippen LogP contribution is 2.17. The third-order valence-corrected chi connectivity index (χ3v) is 3.82. The Kier molecular flexibility index (Phi) is 3.94. The smallest absolute Gasteiger partial charge is 0.255 e. The van der Waals surface area contributed by atoms with E-state index < -0.39 is 0 Å². The first kappa shape index (κ1) is 12.6. The van der Waals surface area contributed by atoms with Crippen molar-refractivity contribution in [3.05, 3.63) is 45.9 Å². The number of carbonyl (C=O) groups is 1. The van der Waals surface area contributed by atoms with Gasteiger partial charge in [0, 0.05) is 27.8 Å². The third-order valence-electron chi connectivity index (χ3n) is 2.59. The van der Waals surface area contributed by atoms with Gasteiger partial charge in [-0.25, -0.2) is 0 Å². The molecule has 18 heavy (non-hydrogen) atoms. The molecule has 2 aromatic heterocycles. The summed E-state index contributed by atoms with van der Waals surface area (Å²) < 4.78 is 0. The first-order valence-corrected chi connectivity index (χ1v) is 6.57. The molecule has 4 nitrogen and oxygen atoms in total. The molecule has 2 heterocycles. The van der Waals surface area contributed by atoms with Crippen LogP contribution in [0.25, 0.3) is 0 Å².